The standard InChI is InChI=1S/C30H41FN6O5/c1-17-26(25-18(2)36-42-19(25)3)34-28(20-9-8-10-22(13-20)40-16-21(38)14-32-7)35-27(17)33-24-11-12-37(15-23(24)31)29(39)41-30(4,5)6/h8-10,13,21,23-24,32,38H,11-12,14-16H2,1-7H3,(H,33,34,35)/t21?,23-,24+/m0/s1. The molecular formula is C30H41FN6O5. The van der Waals surface area contributed by atoms with Gasteiger partial charge >= 0.3 is 6.09 Å². The molecule has 1 amide bonds. The number of likely N-dealkylation sites (tertiary alicyclic amines) is 1. The van der Waals surface area contributed by atoms with Gasteiger partial charge in [-0.2, -0.15) is 0 Å². The summed E-state index contributed by atoms with van der Waals surface area (Å²) in [7, 11) is 1.76. The zero-order valence-electron chi connectivity index (χ0n) is 25.3. The number of anilines is 1. The molecule has 0 bridgehead atoms. The smallest absolute Gasteiger partial charge is 0.410 e. The number of hydrogen-bond acceptors (Lipinski definition) is 10. The van der Waals surface area contributed by atoms with Gasteiger partial charge < -0.3 is 34.6 Å². The molecule has 0 radical (unpaired) electrons. The Morgan fingerprint density at radius 2 is 2.02 bits per heavy atom. The molecule has 1 fully saturated rings. The number of ether oxygens (including phenoxy) is 2. The summed E-state index contributed by atoms with van der Waals surface area (Å²) in [5, 5.41) is 20.3. The van der Waals surface area contributed by atoms with E-state index in [0.29, 0.717) is 59.6 Å². The van der Waals surface area contributed by atoms with Crippen molar-refractivity contribution in [3.63, 3.8) is 0 Å². The van der Waals surface area contributed by atoms with Gasteiger partial charge in [0, 0.05) is 24.2 Å². The maximum atomic E-state index is 15.5. The van der Waals surface area contributed by atoms with Crippen LogP contribution < -0.4 is 15.4 Å². The van der Waals surface area contributed by atoms with Crippen LogP contribution in [0.3, 0.4) is 0 Å². The van der Waals surface area contributed by atoms with Gasteiger partial charge in [-0.05, 0) is 67.1 Å². The number of aliphatic hydroxyl groups excluding tert-OH is 1. The number of alkyl halides is 1. The number of piperidine rings is 1. The summed E-state index contributed by atoms with van der Waals surface area (Å²) in [5.41, 5.74) is 2.79. The molecule has 1 saturated heterocycles. The average molecular weight is 585 g/mol. The van der Waals surface area contributed by atoms with Crippen molar-refractivity contribution in [3.8, 4) is 28.4 Å². The number of nitrogens with zero attached hydrogens (tertiary/aromatic N) is 4. The Kier molecular flexibility index (Phi) is 9.67. The van der Waals surface area contributed by atoms with Gasteiger partial charge in [-0.3, -0.25) is 0 Å². The summed E-state index contributed by atoms with van der Waals surface area (Å²) in [6.07, 6.45) is -2.15. The van der Waals surface area contributed by atoms with Gasteiger partial charge in [0.05, 0.1) is 29.5 Å². The Hall–Kier alpha value is -3.77. The van der Waals surface area contributed by atoms with Crippen molar-refractivity contribution in [1.82, 2.24) is 25.3 Å². The second kappa shape index (κ2) is 13.0. The van der Waals surface area contributed by atoms with E-state index in [9.17, 15) is 9.90 Å². The van der Waals surface area contributed by atoms with Gasteiger partial charge in [-0.25, -0.2) is 19.2 Å². The summed E-state index contributed by atoms with van der Waals surface area (Å²) < 4.78 is 32.1. The monoisotopic (exact) mass is 584 g/mol. The van der Waals surface area contributed by atoms with E-state index in [1.165, 1.54) is 4.90 Å². The number of aliphatic hydroxyl groups is 1. The molecule has 0 saturated carbocycles. The fourth-order valence-electron chi connectivity index (χ4n) is 4.80. The second-order valence-electron chi connectivity index (χ2n) is 11.6. The molecular weight excluding hydrogens is 543 g/mol. The highest BCUT2D eigenvalue weighted by Gasteiger charge is 2.34. The molecule has 1 aliphatic rings. The van der Waals surface area contributed by atoms with Crippen molar-refractivity contribution in [1.29, 1.82) is 0 Å². The zero-order chi connectivity index (χ0) is 30.6. The number of amides is 1. The minimum Gasteiger partial charge on any atom is -0.491 e. The lowest BCUT2D eigenvalue weighted by atomic mass is 10.0. The molecule has 3 aromatic rings. The Balaban J connectivity index is 1.64. The molecule has 11 nitrogen and oxygen atoms in total. The largest absolute Gasteiger partial charge is 0.491 e. The van der Waals surface area contributed by atoms with E-state index < -0.39 is 30.0 Å². The molecule has 3 heterocycles. The summed E-state index contributed by atoms with van der Waals surface area (Å²) in [4.78, 5) is 23.6. The lowest BCUT2D eigenvalue weighted by Crippen LogP contribution is -2.51. The summed E-state index contributed by atoms with van der Waals surface area (Å²) in [5.74, 6) is 2.04. The molecule has 3 N–H and O–H groups in total. The van der Waals surface area contributed by atoms with Crippen LogP contribution >= 0.6 is 0 Å². The van der Waals surface area contributed by atoms with Crippen LogP contribution in [0, 0.1) is 20.8 Å². The lowest BCUT2D eigenvalue weighted by molar-refractivity contribution is 0.0125. The first-order valence-electron chi connectivity index (χ1n) is 14.1. The average Bonchev–Trinajstić information content (AvgIpc) is 3.26. The lowest BCUT2D eigenvalue weighted by Gasteiger charge is -2.36. The maximum absolute atomic E-state index is 15.5. The third-order valence-corrected chi connectivity index (χ3v) is 6.91. The third kappa shape index (κ3) is 7.54. The van der Waals surface area contributed by atoms with E-state index in [2.05, 4.69) is 15.8 Å². The normalized spacial score (nSPS) is 18.1. The third-order valence-electron chi connectivity index (χ3n) is 6.91. The van der Waals surface area contributed by atoms with Gasteiger partial charge in [-0.15, -0.1) is 0 Å². The van der Waals surface area contributed by atoms with Gasteiger partial charge in [-0.1, -0.05) is 17.3 Å². The van der Waals surface area contributed by atoms with Crippen LogP contribution in [-0.2, 0) is 4.74 Å². The predicted octanol–water partition coefficient (Wildman–Crippen LogP) is 4.44. The Labute approximate surface area is 245 Å². The van der Waals surface area contributed by atoms with Crippen LogP contribution in [0.15, 0.2) is 28.8 Å². The number of carbonyl (C=O) groups is 1. The number of aromatic nitrogens is 3. The number of likely N-dealkylation sites (N-methyl/N-ethyl adjacent to an activating group) is 1. The topological polar surface area (TPSA) is 135 Å². The minimum atomic E-state index is -1.34. The molecule has 2 aromatic heterocycles. The minimum absolute atomic E-state index is 0.0842. The molecule has 42 heavy (non-hydrogen) atoms. The van der Waals surface area contributed by atoms with E-state index in [1.54, 1.807) is 40.0 Å². The Morgan fingerprint density at radius 3 is 2.67 bits per heavy atom. The number of carbonyl (C=O) groups excluding carboxylic acids is 1. The first-order chi connectivity index (χ1) is 19.9. The van der Waals surface area contributed by atoms with Crippen LogP contribution in [0.4, 0.5) is 15.0 Å². The molecule has 4 rings (SSSR count). The van der Waals surface area contributed by atoms with Crippen molar-refractivity contribution in [3.05, 3.63) is 41.3 Å². The van der Waals surface area contributed by atoms with Gasteiger partial charge in [0.1, 0.15) is 41.8 Å². The first-order valence-corrected chi connectivity index (χ1v) is 14.1. The van der Waals surface area contributed by atoms with E-state index in [0.717, 1.165) is 11.1 Å². The molecule has 1 aliphatic heterocycles. The molecule has 0 spiro atoms. The van der Waals surface area contributed by atoms with E-state index in [4.69, 9.17) is 24.0 Å². The SMILES string of the molecule is CNCC(O)COc1cccc(-c2nc(N[C@@H]3CCN(C(=O)OC(C)(C)C)C[C@@H]3F)c(C)c(-c3c(C)noc3C)n2)c1. The maximum Gasteiger partial charge on any atom is 0.410 e. The predicted molar refractivity (Wildman–Crippen MR) is 157 cm³/mol. The van der Waals surface area contributed by atoms with Gasteiger partial charge in [0.2, 0.25) is 0 Å². The number of rotatable bonds is 9. The summed E-state index contributed by atoms with van der Waals surface area (Å²) in [6, 6.07) is 6.70. The summed E-state index contributed by atoms with van der Waals surface area (Å²) in [6.45, 7) is 11.7. The fraction of sp³-hybridized carbons (Fsp3) is 0.533. The van der Waals surface area contributed by atoms with Crippen LogP contribution in [0.5, 0.6) is 5.75 Å². The van der Waals surface area contributed by atoms with E-state index in [1.807, 2.05) is 32.9 Å². The van der Waals surface area contributed by atoms with E-state index in [-0.39, 0.29) is 13.2 Å². The van der Waals surface area contributed by atoms with Crippen molar-refractivity contribution in [2.75, 3.05) is 38.6 Å². The Morgan fingerprint density at radius 1 is 1.26 bits per heavy atom. The molecule has 1 unspecified atom stereocenters. The van der Waals surface area contributed by atoms with Crippen molar-refractivity contribution < 1.29 is 28.3 Å². The van der Waals surface area contributed by atoms with Crippen molar-refractivity contribution in [2.45, 2.75) is 71.9 Å². The number of nitrogens with one attached hydrogen (secondary N) is 2. The fourth-order valence-corrected chi connectivity index (χ4v) is 4.80. The molecule has 12 heteroatoms. The highest BCUT2D eigenvalue weighted by atomic mass is 19.1. The molecule has 0 aliphatic carbocycles. The number of benzene rings is 1. The quantitative estimate of drug-likeness (QED) is 0.331. The highest BCUT2D eigenvalue weighted by Crippen LogP contribution is 2.34. The number of aryl methyl sites for hydroxylation is 2. The van der Waals surface area contributed by atoms with Gasteiger partial charge in [0.15, 0.2) is 5.82 Å². The zero-order valence-corrected chi connectivity index (χ0v) is 25.3. The summed E-state index contributed by atoms with van der Waals surface area (Å²) >= 11 is 0. The second-order valence-corrected chi connectivity index (χ2v) is 11.6. The molecule has 228 valence electrons. The highest BCUT2D eigenvalue weighted by molar-refractivity contribution is 5.75. The first kappa shape index (κ1) is 31.2. The van der Waals surface area contributed by atoms with Crippen LogP contribution in [0.1, 0.15) is 44.2 Å². The number of hydrogen-bond donors (Lipinski definition) is 3. The van der Waals surface area contributed by atoms with Crippen molar-refractivity contribution in [2.24, 2.45) is 0 Å². The van der Waals surface area contributed by atoms with Crippen LogP contribution in [0.2, 0.25) is 0 Å². The van der Waals surface area contributed by atoms with E-state index >= 15 is 4.39 Å². The van der Waals surface area contributed by atoms with Crippen LogP contribution in [-0.4, -0.2) is 88.4 Å². The number of halogens is 1. The van der Waals surface area contributed by atoms with Gasteiger partial charge in [0.25, 0.3) is 0 Å². The van der Waals surface area contributed by atoms with Crippen molar-refractivity contribution >= 4 is 11.9 Å². The molecule has 1 aromatic carbocycles. The Bertz CT molecular complexity index is 1370. The van der Waals surface area contributed by atoms with Crippen LogP contribution in [0.25, 0.3) is 22.6 Å². The molecule has 3 atom stereocenters.